The lowest BCUT2D eigenvalue weighted by molar-refractivity contribution is -0.152. The van der Waals surface area contributed by atoms with Crippen molar-refractivity contribution in [2.45, 2.75) is 31.3 Å². The van der Waals surface area contributed by atoms with E-state index in [-0.39, 0.29) is 17.1 Å². The second-order valence-corrected chi connectivity index (χ2v) is 9.14. The molecule has 1 amide bonds. The van der Waals surface area contributed by atoms with Crippen LogP contribution in [-0.2, 0) is 24.2 Å². The number of carbonyl (C=O) groups excluding carboxylic acids is 2. The molecule has 156 valence electrons. The van der Waals surface area contributed by atoms with E-state index in [2.05, 4.69) is 5.32 Å². The van der Waals surface area contributed by atoms with E-state index in [1.54, 1.807) is 18.2 Å². The number of esters is 1. The van der Waals surface area contributed by atoms with Crippen molar-refractivity contribution in [3.05, 3.63) is 72.3 Å². The van der Waals surface area contributed by atoms with Crippen LogP contribution in [0.1, 0.15) is 18.9 Å². The van der Waals surface area contributed by atoms with Gasteiger partial charge in [0.1, 0.15) is 0 Å². The number of benzene rings is 3. The van der Waals surface area contributed by atoms with Gasteiger partial charge in [-0.05, 0) is 37.4 Å². The van der Waals surface area contributed by atoms with E-state index in [0.29, 0.717) is 5.69 Å². The van der Waals surface area contributed by atoms with Gasteiger partial charge in [-0.2, -0.15) is 0 Å². The number of ether oxygens (including phenoxy) is 1. The van der Waals surface area contributed by atoms with Crippen molar-refractivity contribution in [1.82, 2.24) is 0 Å². The fourth-order valence-electron chi connectivity index (χ4n) is 2.96. The predicted molar refractivity (Wildman–Crippen MR) is 116 cm³/mol. The maximum absolute atomic E-state index is 12.4. The Hall–Kier alpha value is -3.19. The molecule has 30 heavy (non-hydrogen) atoms. The second kappa shape index (κ2) is 9.09. The second-order valence-electron chi connectivity index (χ2n) is 7.03. The van der Waals surface area contributed by atoms with Crippen molar-refractivity contribution in [3.8, 4) is 0 Å². The van der Waals surface area contributed by atoms with Gasteiger partial charge in [0, 0.05) is 11.1 Å². The highest BCUT2D eigenvalue weighted by Gasteiger charge is 2.21. The molecule has 6 nitrogen and oxygen atoms in total. The Morgan fingerprint density at radius 1 is 0.967 bits per heavy atom. The lowest BCUT2D eigenvalue weighted by atomic mass is 10.1. The molecule has 3 rings (SSSR count). The number of carbonyl (C=O) groups is 2. The molecule has 0 radical (unpaired) electrons. The summed E-state index contributed by atoms with van der Waals surface area (Å²) in [6, 6.07) is 19.5. The van der Waals surface area contributed by atoms with Crippen LogP contribution in [0.5, 0.6) is 0 Å². The number of rotatable bonds is 7. The quantitative estimate of drug-likeness (QED) is 0.580. The lowest BCUT2D eigenvalue weighted by Crippen LogP contribution is -2.30. The first-order valence-corrected chi connectivity index (χ1v) is 11.2. The van der Waals surface area contributed by atoms with E-state index in [9.17, 15) is 18.0 Å². The molecule has 1 atom stereocenters. The van der Waals surface area contributed by atoms with Crippen LogP contribution in [-0.4, -0.2) is 32.2 Å². The molecule has 3 aromatic carbocycles. The molecule has 0 bridgehead atoms. The van der Waals surface area contributed by atoms with Crippen LogP contribution in [0.15, 0.2) is 71.6 Å². The topological polar surface area (TPSA) is 89.5 Å². The summed E-state index contributed by atoms with van der Waals surface area (Å²) in [7, 11) is -3.60. The molecule has 0 fully saturated rings. The molecule has 0 spiro atoms. The summed E-state index contributed by atoms with van der Waals surface area (Å²) >= 11 is 0. The van der Waals surface area contributed by atoms with Gasteiger partial charge in [0.05, 0.1) is 17.1 Å². The van der Waals surface area contributed by atoms with Gasteiger partial charge in [0.15, 0.2) is 15.9 Å². The number of hydrogen-bond acceptors (Lipinski definition) is 5. The van der Waals surface area contributed by atoms with E-state index in [1.165, 1.54) is 19.1 Å². The Morgan fingerprint density at radius 3 is 2.37 bits per heavy atom. The molecule has 3 aromatic rings. The van der Waals surface area contributed by atoms with E-state index in [4.69, 9.17) is 4.74 Å². The van der Waals surface area contributed by atoms with Crippen LogP contribution in [0.2, 0.25) is 0 Å². The molecule has 1 unspecified atom stereocenters. The van der Waals surface area contributed by atoms with E-state index in [1.807, 2.05) is 43.3 Å². The normalized spacial score (nSPS) is 12.3. The standard InChI is InChI=1S/C23H23NO5S/c1-16-10-12-19(13-11-16)30(27,28)15-14-22(25)29-17(2)23(26)24-21-9-5-7-18-6-3-4-8-20(18)21/h3-13,17H,14-15H2,1-2H3,(H,24,26). The van der Waals surface area contributed by atoms with E-state index >= 15 is 0 Å². The highest BCUT2D eigenvalue weighted by molar-refractivity contribution is 7.91. The van der Waals surface area contributed by atoms with Gasteiger partial charge in [-0.15, -0.1) is 0 Å². The molecule has 1 N–H and O–H groups in total. The highest BCUT2D eigenvalue weighted by Crippen LogP contribution is 2.23. The van der Waals surface area contributed by atoms with Crippen molar-refractivity contribution in [3.63, 3.8) is 0 Å². The summed E-state index contributed by atoms with van der Waals surface area (Å²) in [4.78, 5) is 24.7. The number of aryl methyl sites for hydroxylation is 1. The third kappa shape index (κ3) is 5.24. The molecular weight excluding hydrogens is 402 g/mol. The third-order valence-corrected chi connectivity index (χ3v) is 6.41. The van der Waals surface area contributed by atoms with Crippen LogP contribution in [0.3, 0.4) is 0 Å². The SMILES string of the molecule is Cc1ccc(S(=O)(=O)CCC(=O)OC(C)C(=O)Nc2cccc3ccccc23)cc1. The summed E-state index contributed by atoms with van der Waals surface area (Å²) in [6.07, 6.45) is -1.39. The number of fused-ring (bicyclic) bond motifs is 1. The van der Waals surface area contributed by atoms with Crippen LogP contribution >= 0.6 is 0 Å². The third-order valence-electron chi connectivity index (χ3n) is 4.68. The maximum atomic E-state index is 12.4. The van der Waals surface area contributed by atoms with Gasteiger partial charge < -0.3 is 10.1 Å². The van der Waals surface area contributed by atoms with Gasteiger partial charge in [-0.3, -0.25) is 9.59 Å². The minimum absolute atomic E-state index is 0.155. The largest absolute Gasteiger partial charge is 0.453 e. The van der Waals surface area contributed by atoms with Crippen molar-refractivity contribution >= 4 is 38.2 Å². The molecule has 0 aliphatic carbocycles. The van der Waals surface area contributed by atoms with Crippen molar-refractivity contribution in [2.24, 2.45) is 0 Å². The Bertz CT molecular complexity index is 1160. The molecule has 0 aliphatic heterocycles. The van der Waals surface area contributed by atoms with Crippen molar-refractivity contribution in [2.75, 3.05) is 11.1 Å². The number of sulfone groups is 1. The van der Waals surface area contributed by atoms with Crippen molar-refractivity contribution < 1.29 is 22.7 Å². The average Bonchev–Trinajstić information content (AvgIpc) is 2.73. The molecule has 0 aliphatic rings. The zero-order chi connectivity index (χ0) is 21.7. The average molecular weight is 426 g/mol. The van der Waals surface area contributed by atoms with Gasteiger partial charge >= 0.3 is 5.97 Å². The first-order valence-electron chi connectivity index (χ1n) is 9.54. The van der Waals surface area contributed by atoms with Crippen LogP contribution in [0.4, 0.5) is 5.69 Å². The summed E-state index contributed by atoms with van der Waals surface area (Å²) in [5.41, 5.74) is 1.56. The first-order chi connectivity index (χ1) is 14.3. The fraction of sp³-hybridized carbons (Fsp3) is 0.217. The predicted octanol–water partition coefficient (Wildman–Crippen LogP) is 3.88. The number of anilines is 1. The molecule has 0 aromatic heterocycles. The Kier molecular flexibility index (Phi) is 6.52. The minimum atomic E-state index is -3.60. The highest BCUT2D eigenvalue weighted by atomic mass is 32.2. The monoisotopic (exact) mass is 425 g/mol. The molecule has 7 heteroatoms. The van der Waals surface area contributed by atoms with Crippen LogP contribution < -0.4 is 5.32 Å². The van der Waals surface area contributed by atoms with Gasteiger partial charge in [-0.1, -0.05) is 54.1 Å². The summed E-state index contributed by atoms with van der Waals surface area (Å²) in [5.74, 6) is -1.61. The van der Waals surface area contributed by atoms with Gasteiger partial charge in [0.25, 0.3) is 5.91 Å². The van der Waals surface area contributed by atoms with Gasteiger partial charge in [0.2, 0.25) is 0 Å². The molecule has 0 heterocycles. The summed E-state index contributed by atoms with van der Waals surface area (Å²) in [6.45, 7) is 3.31. The number of amides is 1. The summed E-state index contributed by atoms with van der Waals surface area (Å²) < 4.78 is 29.8. The molecule has 0 saturated carbocycles. The smallest absolute Gasteiger partial charge is 0.307 e. The minimum Gasteiger partial charge on any atom is -0.453 e. The zero-order valence-corrected chi connectivity index (χ0v) is 17.6. The van der Waals surface area contributed by atoms with Crippen LogP contribution in [0.25, 0.3) is 10.8 Å². The Labute approximate surface area is 175 Å². The van der Waals surface area contributed by atoms with Gasteiger partial charge in [-0.25, -0.2) is 8.42 Å². The maximum Gasteiger partial charge on any atom is 0.307 e. The Balaban J connectivity index is 1.57. The number of nitrogens with one attached hydrogen (secondary N) is 1. The lowest BCUT2D eigenvalue weighted by Gasteiger charge is -2.15. The summed E-state index contributed by atoms with van der Waals surface area (Å²) in [5, 5.41) is 4.60. The van der Waals surface area contributed by atoms with Crippen molar-refractivity contribution in [1.29, 1.82) is 0 Å². The van der Waals surface area contributed by atoms with E-state index < -0.39 is 27.8 Å². The molecule has 0 saturated heterocycles. The van der Waals surface area contributed by atoms with E-state index in [0.717, 1.165) is 16.3 Å². The zero-order valence-electron chi connectivity index (χ0n) is 16.8. The molecular formula is C23H23NO5S. The fourth-order valence-corrected chi connectivity index (χ4v) is 4.18. The first kappa shape index (κ1) is 21.5. The Morgan fingerprint density at radius 2 is 1.63 bits per heavy atom. The van der Waals surface area contributed by atoms with Crippen LogP contribution in [0, 0.1) is 6.92 Å². The number of hydrogen-bond donors (Lipinski definition) is 1.